The number of pyridine rings is 1. The Balaban J connectivity index is 2.31. The second-order valence-corrected chi connectivity index (χ2v) is 4.50. The third kappa shape index (κ3) is 3.92. The molecule has 1 aromatic heterocycles. The van der Waals surface area contributed by atoms with Gasteiger partial charge in [-0.15, -0.1) is 0 Å². The summed E-state index contributed by atoms with van der Waals surface area (Å²) in [6, 6.07) is 11.5. The Kier molecular flexibility index (Phi) is 4.72. The lowest BCUT2D eigenvalue weighted by molar-refractivity contribution is -0.131. The minimum atomic E-state index is -0.970. The summed E-state index contributed by atoms with van der Waals surface area (Å²) in [7, 11) is 0. The van der Waals surface area contributed by atoms with Crippen molar-refractivity contribution in [2.75, 3.05) is 6.61 Å². The maximum absolute atomic E-state index is 10.6. The highest BCUT2D eigenvalue weighted by atomic mass is 16.5. The molecule has 0 fully saturated rings. The molecule has 2 rings (SSSR count). The largest absolute Gasteiger partial charge is 0.494 e. The molecule has 2 aromatic rings. The number of ether oxygens (including phenoxy) is 1. The predicted molar refractivity (Wildman–Crippen MR) is 82.2 cm³/mol. The first kappa shape index (κ1) is 14.8. The van der Waals surface area contributed by atoms with Gasteiger partial charge in [-0.2, -0.15) is 0 Å². The summed E-state index contributed by atoms with van der Waals surface area (Å²) in [5.74, 6) is -0.160. The van der Waals surface area contributed by atoms with Crippen molar-refractivity contribution in [2.24, 2.45) is 0 Å². The summed E-state index contributed by atoms with van der Waals surface area (Å²) in [6.07, 6.45) is 2.66. The predicted octanol–water partition coefficient (Wildman–Crippen LogP) is 3.55. The highest BCUT2D eigenvalue weighted by Crippen LogP contribution is 2.23. The Hall–Kier alpha value is -2.62. The molecule has 0 saturated carbocycles. The van der Waals surface area contributed by atoms with Gasteiger partial charge in [0.2, 0.25) is 0 Å². The normalized spacial score (nSPS) is 10.8. The minimum absolute atomic E-state index is 0.620. The minimum Gasteiger partial charge on any atom is -0.494 e. The van der Waals surface area contributed by atoms with E-state index in [1.165, 1.54) is 0 Å². The fourth-order valence-corrected chi connectivity index (χ4v) is 1.98. The molecule has 108 valence electrons. The molecule has 0 saturated heterocycles. The molecule has 0 spiro atoms. The molecular formula is C17H17NO3. The second-order valence-electron chi connectivity index (χ2n) is 4.50. The van der Waals surface area contributed by atoms with Crippen molar-refractivity contribution in [1.82, 2.24) is 4.98 Å². The maximum atomic E-state index is 10.6. The van der Waals surface area contributed by atoms with Gasteiger partial charge in [-0.05, 0) is 43.7 Å². The summed E-state index contributed by atoms with van der Waals surface area (Å²) in [5.41, 5.74) is 3.38. The molecule has 0 atom stereocenters. The molecular weight excluding hydrogens is 266 g/mol. The molecule has 0 aliphatic rings. The summed E-state index contributed by atoms with van der Waals surface area (Å²) < 4.78 is 5.48. The number of benzene rings is 1. The Morgan fingerprint density at radius 2 is 2.14 bits per heavy atom. The molecule has 4 heteroatoms. The SMILES string of the molecule is CCOc1cccc(-c2ccc(/C=C/C(=O)O)c(C)n2)c1. The fraction of sp³-hybridized carbons (Fsp3) is 0.176. The average Bonchev–Trinajstić information content (AvgIpc) is 2.46. The summed E-state index contributed by atoms with van der Waals surface area (Å²) >= 11 is 0. The summed E-state index contributed by atoms with van der Waals surface area (Å²) in [5, 5.41) is 8.66. The van der Waals surface area contributed by atoms with Gasteiger partial charge in [-0.25, -0.2) is 4.79 Å². The highest BCUT2D eigenvalue weighted by molar-refractivity contribution is 5.85. The van der Waals surface area contributed by atoms with E-state index < -0.39 is 5.97 Å². The zero-order chi connectivity index (χ0) is 15.2. The molecule has 0 aliphatic heterocycles. The van der Waals surface area contributed by atoms with Crippen molar-refractivity contribution in [1.29, 1.82) is 0 Å². The van der Waals surface area contributed by atoms with Gasteiger partial charge in [0.05, 0.1) is 12.3 Å². The summed E-state index contributed by atoms with van der Waals surface area (Å²) in [6.45, 7) is 4.42. The first-order chi connectivity index (χ1) is 10.1. The molecule has 0 amide bonds. The van der Waals surface area contributed by atoms with E-state index in [4.69, 9.17) is 9.84 Å². The van der Waals surface area contributed by atoms with E-state index in [1.54, 1.807) is 6.08 Å². The van der Waals surface area contributed by atoms with Gasteiger partial charge in [-0.3, -0.25) is 4.98 Å². The van der Waals surface area contributed by atoms with Crippen LogP contribution in [0.25, 0.3) is 17.3 Å². The van der Waals surface area contributed by atoms with Crippen LogP contribution in [0, 0.1) is 6.92 Å². The fourth-order valence-electron chi connectivity index (χ4n) is 1.98. The highest BCUT2D eigenvalue weighted by Gasteiger charge is 2.04. The lowest BCUT2D eigenvalue weighted by Gasteiger charge is -2.07. The van der Waals surface area contributed by atoms with Gasteiger partial charge in [0.1, 0.15) is 5.75 Å². The van der Waals surface area contributed by atoms with Crippen molar-refractivity contribution in [2.45, 2.75) is 13.8 Å². The van der Waals surface area contributed by atoms with Gasteiger partial charge < -0.3 is 9.84 Å². The van der Waals surface area contributed by atoms with Crippen molar-refractivity contribution < 1.29 is 14.6 Å². The van der Waals surface area contributed by atoms with Crippen LogP contribution in [0.5, 0.6) is 5.75 Å². The molecule has 1 heterocycles. The average molecular weight is 283 g/mol. The van der Waals surface area contributed by atoms with Crippen LogP contribution in [0.15, 0.2) is 42.5 Å². The molecule has 1 aromatic carbocycles. The topological polar surface area (TPSA) is 59.4 Å². The van der Waals surface area contributed by atoms with E-state index in [2.05, 4.69) is 4.98 Å². The number of hydrogen-bond acceptors (Lipinski definition) is 3. The van der Waals surface area contributed by atoms with E-state index >= 15 is 0 Å². The number of carboxylic acids is 1. The number of carbonyl (C=O) groups is 1. The van der Waals surface area contributed by atoms with Crippen LogP contribution in [-0.2, 0) is 4.79 Å². The number of hydrogen-bond donors (Lipinski definition) is 1. The second kappa shape index (κ2) is 6.70. The molecule has 1 N–H and O–H groups in total. The van der Waals surface area contributed by atoms with E-state index in [0.717, 1.165) is 34.3 Å². The van der Waals surface area contributed by atoms with Gasteiger partial charge in [0.25, 0.3) is 0 Å². The first-order valence-electron chi connectivity index (χ1n) is 6.72. The van der Waals surface area contributed by atoms with E-state index in [9.17, 15) is 4.79 Å². The molecule has 0 unspecified atom stereocenters. The van der Waals surface area contributed by atoms with Crippen LogP contribution in [0.3, 0.4) is 0 Å². The smallest absolute Gasteiger partial charge is 0.328 e. The van der Waals surface area contributed by atoms with Crippen LogP contribution in [0.1, 0.15) is 18.2 Å². The Morgan fingerprint density at radius 3 is 2.81 bits per heavy atom. The molecule has 0 aliphatic carbocycles. The van der Waals surface area contributed by atoms with E-state index in [1.807, 2.05) is 50.2 Å². The number of rotatable bonds is 5. The van der Waals surface area contributed by atoms with Crippen molar-refractivity contribution in [3.63, 3.8) is 0 Å². The lowest BCUT2D eigenvalue weighted by Crippen LogP contribution is -1.94. The Morgan fingerprint density at radius 1 is 1.33 bits per heavy atom. The van der Waals surface area contributed by atoms with E-state index in [0.29, 0.717) is 6.61 Å². The van der Waals surface area contributed by atoms with Crippen LogP contribution in [0.2, 0.25) is 0 Å². The van der Waals surface area contributed by atoms with Crippen LogP contribution in [0.4, 0.5) is 0 Å². The zero-order valence-electron chi connectivity index (χ0n) is 12.0. The standard InChI is InChI=1S/C17H17NO3/c1-3-21-15-6-4-5-14(11-15)16-9-7-13(12(2)18-16)8-10-17(19)20/h4-11H,3H2,1-2H3,(H,19,20)/b10-8+. The number of carboxylic acid groups (broad SMARTS) is 1. The molecule has 21 heavy (non-hydrogen) atoms. The van der Waals surface area contributed by atoms with Crippen molar-refractivity contribution in [3.05, 3.63) is 53.7 Å². The Labute approximate surface area is 123 Å². The van der Waals surface area contributed by atoms with Crippen LogP contribution >= 0.6 is 0 Å². The monoisotopic (exact) mass is 283 g/mol. The van der Waals surface area contributed by atoms with Gasteiger partial charge in [0.15, 0.2) is 0 Å². The van der Waals surface area contributed by atoms with Gasteiger partial charge in [-0.1, -0.05) is 18.2 Å². The number of aryl methyl sites for hydroxylation is 1. The third-order valence-corrected chi connectivity index (χ3v) is 2.97. The first-order valence-corrected chi connectivity index (χ1v) is 6.72. The van der Waals surface area contributed by atoms with E-state index in [-0.39, 0.29) is 0 Å². The third-order valence-electron chi connectivity index (χ3n) is 2.97. The number of aliphatic carboxylic acids is 1. The summed E-state index contributed by atoms with van der Waals surface area (Å²) in [4.78, 5) is 15.1. The molecule has 0 radical (unpaired) electrons. The number of aromatic nitrogens is 1. The Bertz CT molecular complexity index is 677. The van der Waals surface area contributed by atoms with Crippen molar-refractivity contribution >= 4 is 12.0 Å². The van der Waals surface area contributed by atoms with Crippen molar-refractivity contribution in [3.8, 4) is 17.0 Å². The van der Waals surface area contributed by atoms with Gasteiger partial charge in [0, 0.05) is 17.3 Å². The molecule has 0 bridgehead atoms. The maximum Gasteiger partial charge on any atom is 0.328 e. The number of nitrogens with zero attached hydrogens (tertiary/aromatic N) is 1. The molecule has 4 nitrogen and oxygen atoms in total. The van der Waals surface area contributed by atoms with Gasteiger partial charge >= 0.3 is 5.97 Å². The van der Waals surface area contributed by atoms with Crippen LogP contribution < -0.4 is 4.74 Å². The lowest BCUT2D eigenvalue weighted by atomic mass is 10.1. The zero-order valence-corrected chi connectivity index (χ0v) is 12.0. The van der Waals surface area contributed by atoms with Crippen LogP contribution in [-0.4, -0.2) is 22.7 Å². The quantitative estimate of drug-likeness (QED) is 0.852.